The number of alkyl halides is 1. The highest BCUT2D eigenvalue weighted by molar-refractivity contribution is 9.08. The first-order valence-electron chi connectivity index (χ1n) is 6.10. The lowest BCUT2D eigenvalue weighted by Gasteiger charge is -2.11. The van der Waals surface area contributed by atoms with Crippen LogP contribution in [0.1, 0.15) is 16.7 Å². The van der Waals surface area contributed by atoms with E-state index in [1.54, 1.807) is 19.1 Å². The molecule has 0 saturated carbocycles. The Morgan fingerprint density at radius 1 is 1.20 bits per heavy atom. The van der Waals surface area contributed by atoms with Crippen molar-refractivity contribution in [2.75, 3.05) is 0 Å². The molecule has 4 nitrogen and oxygen atoms in total. The molecule has 0 aliphatic carbocycles. The first-order chi connectivity index (χ1) is 9.52. The molecule has 2 aromatic rings. The van der Waals surface area contributed by atoms with Gasteiger partial charge in [0.1, 0.15) is 5.75 Å². The number of hydrogen-bond acceptors (Lipinski definition) is 3. The molecule has 0 spiro atoms. The van der Waals surface area contributed by atoms with Crippen LogP contribution in [0, 0.1) is 24.0 Å². The van der Waals surface area contributed by atoms with E-state index >= 15 is 0 Å². The third-order valence-electron chi connectivity index (χ3n) is 3.07. The van der Waals surface area contributed by atoms with Crippen LogP contribution in [0.3, 0.4) is 0 Å². The molecular weight excluding hydrogens is 322 g/mol. The molecule has 0 atom stereocenters. The quantitative estimate of drug-likeness (QED) is 0.453. The van der Waals surface area contributed by atoms with Crippen molar-refractivity contribution in [2.45, 2.75) is 19.2 Å². The van der Waals surface area contributed by atoms with E-state index in [1.807, 2.05) is 25.1 Å². The number of rotatable bonds is 4. The Labute approximate surface area is 125 Å². The van der Waals surface area contributed by atoms with Gasteiger partial charge in [-0.2, -0.15) is 0 Å². The van der Waals surface area contributed by atoms with E-state index in [-0.39, 0.29) is 5.69 Å². The number of nitrogens with zero attached hydrogens (tertiary/aromatic N) is 1. The Balaban J connectivity index is 2.39. The third kappa shape index (κ3) is 2.99. The topological polar surface area (TPSA) is 52.4 Å². The van der Waals surface area contributed by atoms with Gasteiger partial charge in [-0.05, 0) is 42.7 Å². The van der Waals surface area contributed by atoms with Gasteiger partial charge in [0, 0.05) is 11.4 Å². The molecule has 0 heterocycles. The number of nitro benzene ring substituents is 1. The first-order valence-corrected chi connectivity index (χ1v) is 7.22. The number of benzene rings is 2. The average molecular weight is 336 g/mol. The maximum absolute atomic E-state index is 11.1. The highest BCUT2D eigenvalue weighted by Crippen LogP contribution is 2.34. The Morgan fingerprint density at radius 3 is 2.55 bits per heavy atom. The molecule has 104 valence electrons. The van der Waals surface area contributed by atoms with Crippen LogP contribution in [-0.2, 0) is 5.33 Å². The number of halogens is 1. The van der Waals surface area contributed by atoms with Crippen LogP contribution in [0.2, 0.25) is 0 Å². The summed E-state index contributed by atoms with van der Waals surface area (Å²) in [4.78, 5) is 10.6. The second kappa shape index (κ2) is 6.05. The summed E-state index contributed by atoms with van der Waals surface area (Å²) in [5.74, 6) is 0.896. The number of para-hydroxylation sites is 1. The maximum atomic E-state index is 11.1. The molecule has 0 N–H and O–H groups in total. The Hall–Kier alpha value is -1.88. The standard InChI is InChI=1S/C15H14BrNO3/c1-10-4-3-5-14(17(18)19)15(10)20-13-7-6-12(9-16)11(2)8-13/h3-8H,9H2,1-2H3. The molecular formula is C15H14BrNO3. The van der Waals surface area contributed by atoms with Crippen molar-refractivity contribution in [1.29, 1.82) is 0 Å². The lowest BCUT2D eigenvalue weighted by atomic mass is 10.1. The van der Waals surface area contributed by atoms with Crippen LogP contribution in [0.25, 0.3) is 0 Å². The molecule has 0 aliphatic rings. The van der Waals surface area contributed by atoms with Crippen molar-refractivity contribution in [3.05, 3.63) is 63.2 Å². The van der Waals surface area contributed by atoms with Gasteiger partial charge in [-0.3, -0.25) is 10.1 Å². The first kappa shape index (κ1) is 14.5. The summed E-state index contributed by atoms with van der Waals surface area (Å²) < 4.78 is 5.72. The van der Waals surface area contributed by atoms with Gasteiger partial charge in [0.15, 0.2) is 0 Å². The Bertz CT molecular complexity index is 656. The minimum Gasteiger partial charge on any atom is -0.450 e. The van der Waals surface area contributed by atoms with Crippen molar-refractivity contribution in [1.82, 2.24) is 0 Å². The Kier molecular flexibility index (Phi) is 4.39. The van der Waals surface area contributed by atoms with Crippen LogP contribution in [0.15, 0.2) is 36.4 Å². The molecule has 0 aromatic heterocycles. The summed E-state index contributed by atoms with van der Waals surface area (Å²) in [7, 11) is 0. The highest BCUT2D eigenvalue weighted by Gasteiger charge is 2.17. The fourth-order valence-electron chi connectivity index (χ4n) is 1.91. The summed E-state index contributed by atoms with van der Waals surface area (Å²) in [6.07, 6.45) is 0. The predicted molar refractivity (Wildman–Crippen MR) is 81.7 cm³/mol. The molecule has 0 fully saturated rings. The van der Waals surface area contributed by atoms with E-state index in [0.29, 0.717) is 11.5 Å². The molecule has 0 aliphatic heterocycles. The van der Waals surface area contributed by atoms with Gasteiger partial charge in [-0.15, -0.1) is 0 Å². The fourth-order valence-corrected chi connectivity index (χ4v) is 2.54. The van der Waals surface area contributed by atoms with Crippen molar-refractivity contribution in [2.24, 2.45) is 0 Å². The number of nitro groups is 1. The van der Waals surface area contributed by atoms with Crippen LogP contribution < -0.4 is 4.74 Å². The van der Waals surface area contributed by atoms with E-state index in [2.05, 4.69) is 15.9 Å². The van der Waals surface area contributed by atoms with Crippen LogP contribution in [-0.4, -0.2) is 4.92 Å². The predicted octanol–water partition coefficient (Wildman–Crippen LogP) is 4.90. The molecule has 0 amide bonds. The number of hydrogen-bond donors (Lipinski definition) is 0. The second-order valence-corrected chi connectivity index (χ2v) is 5.06. The zero-order valence-electron chi connectivity index (χ0n) is 11.2. The van der Waals surface area contributed by atoms with Crippen LogP contribution in [0.4, 0.5) is 5.69 Å². The van der Waals surface area contributed by atoms with E-state index in [1.165, 1.54) is 6.07 Å². The minimum atomic E-state index is -0.429. The van der Waals surface area contributed by atoms with Gasteiger partial charge in [-0.1, -0.05) is 34.1 Å². The van der Waals surface area contributed by atoms with E-state index in [0.717, 1.165) is 22.0 Å². The van der Waals surface area contributed by atoms with Gasteiger partial charge < -0.3 is 4.74 Å². The highest BCUT2D eigenvalue weighted by atomic mass is 79.9. The molecule has 0 saturated heterocycles. The van der Waals surface area contributed by atoms with Gasteiger partial charge in [-0.25, -0.2) is 0 Å². The molecule has 0 bridgehead atoms. The summed E-state index contributed by atoms with van der Waals surface area (Å²) >= 11 is 3.41. The Morgan fingerprint density at radius 2 is 1.95 bits per heavy atom. The monoisotopic (exact) mass is 335 g/mol. The van der Waals surface area contributed by atoms with Gasteiger partial charge >= 0.3 is 5.69 Å². The zero-order valence-corrected chi connectivity index (χ0v) is 12.8. The zero-order chi connectivity index (χ0) is 14.7. The van der Waals surface area contributed by atoms with E-state index in [4.69, 9.17) is 4.74 Å². The minimum absolute atomic E-state index is 0.0211. The van der Waals surface area contributed by atoms with Gasteiger partial charge in [0.25, 0.3) is 0 Å². The van der Waals surface area contributed by atoms with Crippen molar-refractivity contribution in [3.63, 3.8) is 0 Å². The van der Waals surface area contributed by atoms with E-state index < -0.39 is 4.92 Å². The van der Waals surface area contributed by atoms with Crippen molar-refractivity contribution in [3.8, 4) is 11.5 Å². The van der Waals surface area contributed by atoms with Gasteiger partial charge in [0.05, 0.1) is 4.92 Å². The lowest BCUT2D eigenvalue weighted by molar-refractivity contribution is -0.385. The maximum Gasteiger partial charge on any atom is 0.311 e. The molecule has 5 heteroatoms. The lowest BCUT2D eigenvalue weighted by Crippen LogP contribution is -1.96. The molecule has 2 rings (SSSR count). The number of aryl methyl sites for hydroxylation is 2. The second-order valence-electron chi connectivity index (χ2n) is 4.50. The molecule has 0 radical (unpaired) electrons. The third-order valence-corrected chi connectivity index (χ3v) is 3.67. The van der Waals surface area contributed by atoms with Crippen molar-refractivity contribution >= 4 is 21.6 Å². The SMILES string of the molecule is Cc1cc(Oc2c(C)cccc2[N+](=O)[O-])ccc1CBr. The normalized spacial score (nSPS) is 10.3. The van der Waals surface area contributed by atoms with Crippen LogP contribution in [0.5, 0.6) is 11.5 Å². The van der Waals surface area contributed by atoms with Crippen molar-refractivity contribution < 1.29 is 9.66 Å². The summed E-state index contributed by atoms with van der Waals surface area (Å²) in [6, 6.07) is 10.5. The van der Waals surface area contributed by atoms with Crippen LogP contribution >= 0.6 is 15.9 Å². The largest absolute Gasteiger partial charge is 0.450 e. The molecule has 20 heavy (non-hydrogen) atoms. The van der Waals surface area contributed by atoms with E-state index in [9.17, 15) is 10.1 Å². The number of ether oxygens (including phenoxy) is 1. The average Bonchev–Trinajstić information content (AvgIpc) is 2.41. The molecule has 2 aromatic carbocycles. The summed E-state index contributed by atoms with van der Waals surface area (Å²) in [5.41, 5.74) is 2.96. The smallest absolute Gasteiger partial charge is 0.311 e. The fraction of sp³-hybridized carbons (Fsp3) is 0.200. The summed E-state index contributed by atoms with van der Waals surface area (Å²) in [5, 5.41) is 11.8. The van der Waals surface area contributed by atoms with Gasteiger partial charge in [0.2, 0.25) is 5.75 Å². The molecule has 0 unspecified atom stereocenters. The summed E-state index contributed by atoms with van der Waals surface area (Å²) in [6.45, 7) is 3.78.